The van der Waals surface area contributed by atoms with Gasteiger partial charge in [-0.3, -0.25) is 0 Å². The Kier molecular flexibility index (Phi) is 5.44. The smallest absolute Gasteiger partial charge is 0.493 e. The third-order valence-electron chi connectivity index (χ3n) is 2.91. The molecule has 124 valence electrons. The summed E-state index contributed by atoms with van der Waals surface area (Å²) in [6, 6.07) is 9.03. The Morgan fingerprint density at radius 2 is 1.70 bits per heavy atom. The number of halogens is 4. The maximum absolute atomic E-state index is 13.0. The molecule has 0 unspecified atom stereocenters. The Bertz CT molecular complexity index is 639. The molecule has 2 rings (SSSR count). The largest absolute Gasteiger partial charge is 0.573 e. The zero-order chi connectivity index (χ0) is 16.9. The molecule has 3 nitrogen and oxygen atoms in total. The number of ether oxygens (including phenoxy) is 2. The second-order valence-corrected chi connectivity index (χ2v) is 4.64. The highest BCUT2D eigenvalue weighted by atomic mass is 19.4. The van der Waals surface area contributed by atoms with E-state index in [1.165, 1.54) is 24.3 Å². The van der Waals surface area contributed by atoms with Crippen LogP contribution in [0.2, 0.25) is 0 Å². The van der Waals surface area contributed by atoms with Crippen LogP contribution in [0.4, 0.5) is 17.6 Å². The van der Waals surface area contributed by atoms with Gasteiger partial charge in [-0.2, -0.15) is 0 Å². The number of aliphatic hydroxyl groups excluding tert-OH is 1. The van der Waals surface area contributed by atoms with Crippen LogP contribution in [-0.2, 0) is 0 Å². The van der Waals surface area contributed by atoms with Crippen LogP contribution < -0.4 is 9.47 Å². The van der Waals surface area contributed by atoms with E-state index in [0.717, 1.165) is 18.2 Å². The van der Waals surface area contributed by atoms with Crippen molar-refractivity contribution in [1.29, 1.82) is 0 Å². The summed E-state index contributed by atoms with van der Waals surface area (Å²) in [5, 5.41) is 8.68. The first kappa shape index (κ1) is 17.1. The third kappa shape index (κ3) is 5.14. The van der Waals surface area contributed by atoms with Crippen LogP contribution in [0.3, 0.4) is 0 Å². The summed E-state index contributed by atoms with van der Waals surface area (Å²) in [5.41, 5.74) is 0.546. The standard InChI is InChI=1S/C16H14F4O3/c17-12-4-2-11(3-5-12)14-7-6-13(22-9-1-8-21)10-15(14)23-16(18,19)20/h2-7,10,21H,1,8-9H2. The van der Waals surface area contributed by atoms with Gasteiger partial charge in [0, 0.05) is 24.7 Å². The highest BCUT2D eigenvalue weighted by Crippen LogP contribution is 2.36. The van der Waals surface area contributed by atoms with E-state index < -0.39 is 17.9 Å². The number of hydrogen-bond acceptors (Lipinski definition) is 3. The first-order valence-electron chi connectivity index (χ1n) is 6.78. The third-order valence-corrected chi connectivity index (χ3v) is 2.91. The summed E-state index contributed by atoms with van der Waals surface area (Å²) in [4.78, 5) is 0. The molecule has 2 aromatic rings. The van der Waals surface area contributed by atoms with E-state index in [-0.39, 0.29) is 24.5 Å². The predicted molar refractivity (Wildman–Crippen MR) is 75.7 cm³/mol. The van der Waals surface area contributed by atoms with Gasteiger partial charge in [0.15, 0.2) is 0 Å². The van der Waals surface area contributed by atoms with Crippen LogP contribution in [0.15, 0.2) is 42.5 Å². The SMILES string of the molecule is OCCCOc1ccc(-c2ccc(F)cc2)c(OC(F)(F)F)c1. The molecule has 1 N–H and O–H groups in total. The van der Waals surface area contributed by atoms with Crippen molar-refractivity contribution < 1.29 is 32.1 Å². The molecule has 0 atom stereocenters. The van der Waals surface area contributed by atoms with Gasteiger partial charge in [-0.15, -0.1) is 13.2 Å². The van der Waals surface area contributed by atoms with Crippen molar-refractivity contribution in [3.8, 4) is 22.6 Å². The minimum atomic E-state index is -4.86. The summed E-state index contributed by atoms with van der Waals surface area (Å²) in [6.07, 6.45) is -4.51. The normalized spacial score (nSPS) is 11.3. The molecule has 7 heteroatoms. The van der Waals surface area contributed by atoms with Gasteiger partial charge in [-0.05, 0) is 29.8 Å². The van der Waals surface area contributed by atoms with Crippen LogP contribution in [0.25, 0.3) is 11.1 Å². The van der Waals surface area contributed by atoms with E-state index in [9.17, 15) is 17.6 Å². The second-order valence-electron chi connectivity index (χ2n) is 4.64. The molecular weight excluding hydrogens is 316 g/mol. The molecule has 23 heavy (non-hydrogen) atoms. The van der Waals surface area contributed by atoms with Crippen LogP contribution in [0.5, 0.6) is 11.5 Å². The Morgan fingerprint density at radius 3 is 2.30 bits per heavy atom. The van der Waals surface area contributed by atoms with Crippen molar-refractivity contribution in [2.24, 2.45) is 0 Å². The van der Waals surface area contributed by atoms with E-state index >= 15 is 0 Å². The molecule has 0 saturated heterocycles. The molecule has 0 radical (unpaired) electrons. The van der Waals surface area contributed by atoms with E-state index in [1.54, 1.807) is 0 Å². The summed E-state index contributed by atoms with van der Waals surface area (Å²) < 4.78 is 60.0. The van der Waals surface area contributed by atoms with Gasteiger partial charge in [0.25, 0.3) is 0 Å². The molecule has 2 aromatic carbocycles. The lowest BCUT2D eigenvalue weighted by Crippen LogP contribution is -2.17. The molecular formula is C16H14F4O3. The Balaban J connectivity index is 2.34. The van der Waals surface area contributed by atoms with E-state index in [1.807, 2.05) is 0 Å². The maximum Gasteiger partial charge on any atom is 0.573 e. The zero-order valence-corrected chi connectivity index (χ0v) is 11.9. The topological polar surface area (TPSA) is 38.7 Å². The molecule has 0 aliphatic rings. The zero-order valence-electron chi connectivity index (χ0n) is 11.9. The summed E-state index contributed by atoms with van der Waals surface area (Å²) in [7, 11) is 0. The molecule has 0 bridgehead atoms. The molecule has 0 saturated carbocycles. The minimum absolute atomic E-state index is 0.0838. The fraction of sp³-hybridized carbons (Fsp3) is 0.250. The number of hydrogen-bond donors (Lipinski definition) is 1. The van der Waals surface area contributed by atoms with E-state index in [2.05, 4.69) is 4.74 Å². The maximum atomic E-state index is 13.0. The fourth-order valence-corrected chi connectivity index (χ4v) is 1.92. The minimum Gasteiger partial charge on any atom is -0.493 e. The monoisotopic (exact) mass is 330 g/mol. The fourth-order valence-electron chi connectivity index (χ4n) is 1.92. The average Bonchev–Trinajstić information content (AvgIpc) is 2.47. The lowest BCUT2D eigenvalue weighted by atomic mass is 10.0. The molecule has 0 amide bonds. The van der Waals surface area contributed by atoms with Gasteiger partial charge in [0.1, 0.15) is 17.3 Å². The van der Waals surface area contributed by atoms with Gasteiger partial charge in [-0.25, -0.2) is 4.39 Å². The lowest BCUT2D eigenvalue weighted by Gasteiger charge is -2.15. The highest BCUT2D eigenvalue weighted by Gasteiger charge is 2.32. The summed E-state index contributed by atoms with van der Waals surface area (Å²) >= 11 is 0. The van der Waals surface area contributed by atoms with Crippen molar-refractivity contribution in [1.82, 2.24) is 0 Å². The van der Waals surface area contributed by atoms with Crippen molar-refractivity contribution in [2.45, 2.75) is 12.8 Å². The molecule has 0 aromatic heterocycles. The van der Waals surface area contributed by atoms with Gasteiger partial charge in [-0.1, -0.05) is 12.1 Å². The van der Waals surface area contributed by atoms with Gasteiger partial charge < -0.3 is 14.6 Å². The Morgan fingerprint density at radius 1 is 1.00 bits per heavy atom. The first-order chi connectivity index (χ1) is 10.9. The molecule has 0 heterocycles. The number of rotatable bonds is 6. The van der Waals surface area contributed by atoms with Gasteiger partial charge >= 0.3 is 6.36 Å². The highest BCUT2D eigenvalue weighted by molar-refractivity contribution is 5.71. The molecule has 0 spiro atoms. The quantitative estimate of drug-likeness (QED) is 0.639. The van der Waals surface area contributed by atoms with Crippen molar-refractivity contribution >= 4 is 0 Å². The van der Waals surface area contributed by atoms with Crippen LogP contribution >= 0.6 is 0 Å². The van der Waals surface area contributed by atoms with Gasteiger partial charge in [0.05, 0.1) is 6.61 Å². The molecule has 0 aliphatic carbocycles. The molecule has 0 fully saturated rings. The van der Waals surface area contributed by atoms with Gasteiger partial charge in [0.2, 0.25) is 0 Å². The van der Waals surface area contributed by atoms with Crippen molar-refractivity contribution in [3.63, 3.8) is 0 Å². The number of alkyl halides is 3. The second kappa shape index (κ2) is 7.32. The Hall–Kier alpha value is -2.28. The van der Waals surface area contributed by atoms with Crippen LogP contribution in [0, 0.1) is 5.82 Å². The predicted octanol–water partition coefficient (Wildman–Crippen LogP) is 4.15. The van der Waals surface area contributed by atoms with Crippen LogP contribution in [0.1, 0.15) is 6.42 Å². The number of benzene rings is 2. The first-order valence-corrected chi connectivity index (χ1v) is 6.78. The van der Waals surface area contributed by atoms with Crippen molar-refractivity contribution in [3.05, 3.63) is 48.3 Å². The lowest BCUT2D eigenvalue weighted by molar-refractivity contribution is -0.274. The molecule has 0 aliphatic heterocycles. The number of aliphatic hydroxyl groups is 1. The average molecular weight is 330 g/mol. The summed E-state index contributed by atoms with van der Waals surface area (Å²) in [6.45, 7) is 0.0808. The summed E-state index contributed by atoms with van der Waals surface area (Å²) in [5.74, 6) is -0.745. The van der Waals surface area contributed by atoms with Crippen molar-refractivity contribution in [2.75, 3.05) is 13.2 Å². The van der Waals surface area contributed by atoms with E-state index in [0.29, 0.717) is 12.0 Å². The Labute approximate surface area is 130 Å². The van der Waals surface area contributed by atoms with E-state index in [4.69, 9.17) is 9.84 Å². The van der Waals surface area contributed by atoms with Crippen LogP contribution in [-0.4, -0.2) is 24.7 Å².